The largest absolute Gasteiger partial charge is 0.546 e. The smallest absolute Gasteiger partial charge is 0.235 e. The molecule has 0 radical (unpaired) electrons. The predicted molar refractivity (Wildman–Crippen MR) is 88.0 cm³/mol. The zero-order valence-electron chi connectivity index (χ0n) is 12.6. The summed E-state index contributed by atoms with van der Waals surface area (Å²) in [6.45, 7) is 1.29. The first-order valence-corrected chi connectivity index (χ1v) is 7.54. The highest BCUT2D eigenvalue weighted by Crippen LogP contribution is 2.32. The Labute approximate surface area is 142 Å². The van der Waals surface area contributed by atoms with Gasteiger partial charge in [-0.15, -0.1) is 0 Å². The molecule has 0 N–H and O–H groups in total. The minimum Gasteiger partial charge on any atom is -0.546 e. The molecule has 0 aliphatic rings. The number of ether oxygens (including phenoxy) is 1. The Balaban J connectivity index is 2.26. The standard InChI is InChI=1S/C18H13ClO5/c1-10(18(21)22)23-17-15(20)13-4-2-3-5-14(13)24-16(17)11-6-8-12(19)9-7-11/h2-10H,1H3,(H,21,22)/p-1/t10-/m0/s1. The molecular formula is C18H12ClO5-. The SMILES string of the molecule is C[C@H](Oc1c(-c2ccc(Cl)cc2)oc2ccccc2c1=O)C(=O)[O-]. The van der Waals surface area contributed by atoms with Gasteiger partial charge in [0.05, 0.1) is 11.4 Å². The van der Waals surface area contributed by atoms with Crippen LogP contribution in [0.1, 0.15) is 6.92 Å². The molecule has 0 fully saturated rings. The summed E-state index contributed by atoms with van der Waals surface area (Å²) < 4.78 is 11.1. The maximum atomic E-state index is 12.7. The minimum atomic E-state index is -1.43. The van der Waals surface area contributed by atoms with Crippen molar-refractivity contribution in [3.05, 3.63) is 63.8 Å². The van der Waals surface area contributed by atoms with Crippen molar-refractivity contribution in [1.82, 2.24) is 0 Å². The summed E-state index contributed by atoms with van der Waals surface area (Å²) in [5.74, 6) is -1.46. The lowest BCUT2D eigenvalue weighted by Gasteiger charge is -2.17. The third-order valence-electron chi connectivity index (χ3n) is 3.49. The number of carboxylic acid groups (broad SMARTS) is 1. The van der Waals surface area contributed by atoms with Gasteiger partial charge in [0.1, 0.15) is 11.7 Å². The number of hydrogen-bond donors (Lipinski definition) is 0. The van der Waals surface area contributed by atoms with Crippen LogP contribution < -0.4 is 15.3 Å². The maximum absolute atomic E-state index is 12.7. The van der Waals surface area contributed by atoms with E-state index in [-0.39, 0.29) is 11.5 Å². The third kappa shape index (κ3) is 2.98. The Hall–Kier alpha value is -2.79. The second-order valence-electron chi connectivity index (χ2n) is 5.17. The molecule has 5 nitrogen and oxygen atoms in total. The van der Waals surface area contributed by atoms with Crippen molar-refractivity contribution >= 4 is 28.5 Å². The monoisotopic (exact) mass is 343 g/mol. The lowest BCUT2D eigenvalue weighted by Crippen LogP contribution is -2.38. The molecule has 3 rings (SSSR count). The van der Waals surface area contributed by atoms with Crippen LogP contribution in [0.15, 0.2) is 57.7 Å². The molecule has 24 heavy (non-hydrogen) atoms. The van der Waals surface area contributed by atoms with Crippen molar-refractivity contribution < 1.29 is 19.1 Å². The van der Waals surface area contributed by atoms with E-state index in [2.05, 4.69) is 0 Å². The average Bonchev–Trinajstić information content (AvgIpc) is 2.58. The number of carboxylic acids is 1. The molecule has 0 aliphatic carbocycles. The summed E-state index contributed by atoms with van der Waals surface area (Å²) in [7, 11) is 0. The first kappa shape index (κ1) is 16.1. The summed E-state index contributed by atoms with van der Waals surface area (Å²) in [6.07, 6.45) is -1.31. The molecule has 0 bridgehead atoms. The minimum absolute atomic E-state index is 0.142. The summed E-state index contributed by atoms with van der Waals surface area (Å²) in [5, 5.41) is 11.8. The van der Waals surface area contributed by atoms with Crippen molar-refractivity contribution in [3.63, 3.8) is 0 Å². The fraction of sp³-hybridized carbons (Fsp3) is 0.111. The van der Waals surface area contributed by atoms with E-state index in [4.69, 9.17) is 20.8 Å². The van der Waals surface area contributed by atoms with Crippen LogP contribution in [0.5, 0.6) is 5.75 Å². The molecule has 0 amide bonds. The van der Waals surface area contributed by atoms with Gasteiger partial charge in [-0.3, -0.25) is 4.79 Å². The molecule has 122 valence electrons. The molecule has 1 heterocycles. The zero-order valence-corrected chi connectivity index (χ0v) is 13.4. The zero-order chi connectivity index (χ0) is 17.3. The summed E-state index contributed by atoms with van der Waals surface area (Å²) in [4.78, 5) is 23.7. The van der Waals surface area contributed by atoms with E-state index in [1.807, 2.05) is 0 Å². The molecule has 1 atom stereocenters. The Bertz CT molecular complexity index is 959. The van der Waals surface area contributed by atoms with Gasteiger partial charge in [0, 0.05) is 10.6 Å². The number of fused-ring (bicyclic) bond motifs is 1. The van der Waals surface area contributed by atoms with E-state index in [1.165, 1.54) is 6.92 Å². The Kier molecular flexibility index (Phi) is 4.27. The van der Waals surface area contributed by atoms with Gasteiger partial charge in [-0.2, -0.15) is 0 Å². The van der Waals surface area contributed by atoms with Crippen LogP contribution in [0.3, 0.4) is 0 Å². The second-order valence-corrected chi connectivity index (χ2v) is 5.61. The van der Waals surface area contributed by atoms with E-state index >= 15 is 0 Å². The number of aliphatic carboxylic acids is 1. The molecule has 0 aliphatic heterocycles. The number of hydrogen-bond acceptors (Lipinski definition) is 5. The quantitative estimate of drug-likeness (QED) is 0.727. The predicted octanol–water partition coefficient (Wildman–Crippen LogP) is 2.63. The fourth-order valence-corrected chi connectivity index (χ4v) is 2.37. The van der Waals surface area contributed by atoms with E-state index < -0.39 is 17.5 Å². The van der Waals surface area contributed by atoms with Gasteiger partial charge < -0.3 is 19.1 Å². The van der Waals surface area contributed by atoms with Gasteiger partial charge in [0.25, 0.3) is 0 Å². The third-order valence-corrected chi connectivity index (χ3v) is 3.74. The molecule has 0 saturated heterocycles. The summed E-state index contributed by atoms with van der Waals surface area (Å²) >= 11 is 5.88. The number of carbonyl (C=O) groups excluding carboxylic acids is 1. The number of halogens is 1. The van der Waals surface area contributed by atoms with Crippen molar-refractivity contribution in [3.8, 4) is 17.1 Å². The van der Waals surface area contributed by atoms with Gasteiger partial charge in [-0.25, -0.2) is 0 Å². The normalized spacial score (nSPS) is 12.1. The van der Waals surface area contributed by atoms with E-state index in [0.717, 1.165) is 0 Å². The Morgan fingerprint density at radius 3 is 2.50 bits per heavy atom. The Morgan fingerprint density at radius 1 is 1.17 bits per heavy atom. The highest BCUT2D eigenvalue weighted by Gasteiger charge is 2.20. The summed E-state index contributed by atoms with van der Waals surface area (Å²) in [6, 6.07) is 13.3. The van der Waals surface area contributed by atoms with Crippen molar-refractivity contribution in [2.24, 2.45) is 0 Å². The maximum Gasteiger partial charge on any atom is 0.235 e. The van der Waals surface area contributed by atoms with Crippen LogP contribution in [0.4, 0.5) is 0 Å². The van der Waals surface area contributed by atoms with E-state index in [0.29, 0.717) is 21.6 Å². The van der Waals surface area contributed by atoms with Crippen molar-refractivity contribution in [2.45, 2.75) is 13.0 Å². The molecular weight excluding hydrogens is 332 g/mol. The van der Waals surface area contributed by atoms with Crippen LogP contribution in [-0.2, 0) is 4.79 Å². The molecule has 6 heteroatoms. The molecule has 3 aromatic rings. The van der Waals surface area contributed by atoms with Gasteiger partial charge in [-0.1, -0.05) is 23.7 Å². The van der Waals surface area contributed by atoms with Gasteiger partial charge in [-0.05, 0) is 43.3 Å². The van der Waals surface area contributed by atoms with Gasteiger partial charge >= 0.3 is 0 Å². The lowest BCUT2D eigenvalue weighted by molar-refractivity contribution is -0.312. The highest BCUT2D eigenvalue weighted by molar-refractivity contribution is 6.30. The van der Waals surface area contributed by atoms with Crippen molar-refractivity contribution in [2.75, 3.05) is 0 Å². The molecule has 1 aromatic heterocycles. The van der Waals surface area contributed by atoms with E-state index in [1.54, 1.807) is 48.5 Å². The van der Waals surface area contributed by atoms with Crippen LogP contribution in [0, 0.1) is 0 Å². The fourth-order valence-electron chi connectivity index (χ4n) is 2.25. The van der Waals surface area contributed by atoms with Crippen LogP contribution in [0.2, 0.25) is 5.02 Å². The first-order valence-electron chi connectivity index (χ1n) is 7.16. The lowest BCUT2D eigenvalue weighted by atomic mass is 10.1. The van der Waals surface area contributed by atoms with Crippen LogP contribution in [0.25, 0.3) is 22.3 Å². The number of rotatable bonds is 4. The molecule has 2 aromatic carbocycles. The van der Waals surface area contributed by atoms with E-state index in [9.17, 15) is 14.7 Å². The second kappa shape index (κ2) is 6.37. The molecule has 0 unspecified atom stereocenters. The Morgan fingerprint density at radius 2 is 1.83 bits per heavy atom. The van der Waals surface area contributed by atoms with Crippen LogP contribution in [-0.4, -0.2) is 12.1 Å². The first-order chi connectivity index (χ1) is 11.5. The highest BCUT2D eigenvalue weighted by atomic mass is 35.5. The number of carbonyl (C=O) groups is 1. The number of para-hydroxylation sites is 1. The van der Waals surface area contributed by atoms with Gasteiger partial charge in [0.2, 0.25) is 11.2 Å². The van der Waals surface area contributed by atoms with Gasteiger partial charge in [0.15, 0.2) is 5.76 Å². The topological polar surface area (TPSA) is 79.6 Å². The number of benzene rings is 2. The summed E-state index contributed by atoms with van der Waals surface area (Å²) in [5.41, 5.74) is 0.471. The van der Waals surface area contributed by atoms with Crippen molar-refractivity contribution in [1.29, 1.82) is 0 Å². The molecule has 0 saturated carbocycles. The molecule has 0 spiro atoms. The average molecular weight is 344 g/mol. The van der Waals surface area contributed by atoms with Crippen LogP contribution >= 0.6 is 11.6 Å².